The number of hydrogen-bond donors (Lipinski definition) is 2. The summed E-state index contributed by atoms with van der Waals surface area (Å²) in [4.78, 5) is 23.9. The van der Waals surface area contributed by atoms with Crippen molar-refractivity contribution in [2.45, 2.75) is 13.8 Å². The van der Waals surface area contributed by atoms with Crippen molar-refractivity contribution < 1.29 is 19.1 Å². The van der Waals surface area contributed by atoms with E-state index in [4.69, 9.17) is 9.47 Å². The third-order valence-corrected chi connectivity index (χ3v) is 5.05. The Kier molecular flexibility index (Phi) is 7.67. The van der Waals surface area contributed by atoms with Gasteiger partial charge in [0, 0.05) is 0 Å². The van der Waals surface area contributed by atoms with Crippen molar-refractivity contribution in [3.8, 4) is 22.6 Å². The summed E-state index contributed by atoms with van der Waals surface area (Å²) in [6, 6.07) is 21.3. The van der Waals surface area contributed by atoms with Gasteiger partial charge < -0.3 is 9.47 Å². The van der Waals surface area contributed by atoms with Crippen LogP contribution >= 0.6 is 15.9 Å². The largest absolute Gasteiger partial charge is 0.483 e. The van der Waals surface area contributed by atoms with Crippen LogP contribution in [0.15, 0.2) is 71.2 Å². The summed E-state index contributed by atoms with van der Waals surface area (Å²) in [5.74, 6) is 0.194. The highest BCUT2D eigenvalue weighted by Crippen LogP contribution is 2.30. The summed E-state index contributed by atoms with van der Waals surface area (Å²) in [5, 5.41) is 0. The molecule has 160 valence electrons. The maximum absolute atomic E-state index is 12.0. The van der Waals surface area contributed by atoms with Crippen LogP contribution in [0.2, 0.25) is 0 Å². The lowest BCUT2D eigenvalue weighted by Crippen LogP contribution is -2.45. The first-order chi connectivity index (χ1) is 14.9. The molecule has 2 N–H and O–H groups in total. The summed E-state index contributed by atoms with van der Waals surface area (Å²) >= 11 is 3.47. The van der Waals surface area contributed by atoms with Crippen LogP contribution in [-0.2, 0) is 9.59 Å². The molecule has 0 aliphatic rings. The van der Waals surface area contributed by atoms with E-state index in [9.17, 15) is 9.59 Å². The molecular formula is C24H23BrN2O4. The normalized spacial score (nSPS) is 10.3. The summed E-state index contributed by atoms with van der Waals surface area (Å²) in [7, 11) is 0. The molecule has 0 spiro atoms. The van der Waals surface area contributed by atoms with Crippen LogP contribution in [0.4, 0.5) is 0 Å². The molecule has 0 unspecified atom stereocenters. The molecule has 0 saturated carbocycles. The molecular weight excluding hydrogens is 460 g/mol. The van der Waals surface area contributed by atoms with Gasteiger partial charge in [-0.1, -0.05) is 54.1 Å². The van der Waals surface area contributed by atoms with Gasteiger partial charge in [-0.05, 0) is 64.7 Å². The van der Waals surface area contributed by atoms with Crippen molar-refractivity contribution in [1.29, 1.82) is 0 Å². The van der Waals surface area contributed by atoms with Gasteiger partial charge in [-0.2, -0.15) is 0 Å². The van der Waals surface area contributed by atoms with Crippen molar-refractivity contribution in [3.05, 3.63) is 82.3 Å². The number of amides is 2. The molecule has 3 aromatic rings. The fraction of sp³-hybridized carbons (Fsp3) is 0.167. The molecule has 31 heavy (non-hydrogen) atoms. The highest BCUT2D eigenvalue weighted by molar-refractivity contribution is 9.10. The number of aryl methyl sites for hydroxylation is 2. The second-order valence-electron chi connectivity index (χ2n) is 6.95. The third kappa shape index (κ3) is 6.58. The van der Waals surface area contributed by atoms with Crippen LogP contribution in [0.5, 0.6) is 11.5 Å². The minimum absolute atomic E-state index is 0.211. The first kappa shape index (κ1) is 22.4. The average Bonchev–Trinajstić information content (AvgIpc) is 2.76. The van der Waals surface area contributed by atoms with Crippen molar-refractivity contribution >= 4 is 27.7 Å². The molecule has 0 aromatic heterocycles. The maximum Gasteiger partial charge on any atom is 0.276 e. The molecule has 0 atom stereocenters. The van der Waals surface area contributed by atoms with E-state index in [0.29, 0.717) is 11.5 Å². The van der Waals surface area contributed by atoms with Gasteiger partial charge in [-0.3, -0.25) is 20.4 Å². The number of halogens is 1. The highest BCUT2D eigenvalue weighted by Gasteiger charge is 2.10. The van der Waals surface area contributed by atoms with E-state index in [0.717, 1.165) is 26.7 Å². The number of benzene rings is 3. The summed E-state index contributed by atoms with van der Waals surface area (Å²) < 4.78 is 11.7. The predicted molar refractivity (Wildman–Crippen MR) is 123 cm³/mol. The molecule has 2 amide bonds. The molecule has 7 heteroatoms. The van der Waals surface area contributed by atoms with E-state index < -0.39 is 11.8 Å². The molecule has 0 saturated heterocycles. The maximum atomic E-state index is 12.0. The minimum atomic E-state index is -0.487. The number of carbonyl (C=O) groups is 2. The molecule has 0 bridgehead atoms. The zero-order valence-corrected chi connectivity index (χ0v) is 18.9. The summed E-state index contributed by atoms with van der Waals surface area (Å²) in [6.07, 6.45) is 0. The highest BCUT2D eigenvalue weighted by atomic mass is 79.9. The second kappa shape index (κ2) is 10.6. The molecule has 0 fully saturated rings. The number of hydrogen-bond acceptors (Lipinski definition) is 4. The Morgan fingerprint density at radius 3 is 2.00 bits per heavy atom. The standard InChI is InChI=1S/C24H23BrN2O4/c1-16-8-10-21(17(2)12-16)30-14-23(28)26-27-24(29)15-31-22-11-9-19(13-20(22)25)18-6-4-3-5-7-18/h3-13H,14-15H2,1-2H3,(H,26,28)(H,27,29). The van der Waals surface area contributed by atoms with Gasteiger partial charge in [0.05, 0.1) is 4.47 Å². The fourth-order valence-electron chi connectivity index (χ4n) is 2.89. The van der Waals surface area contributed by atoms with Crippen molar-refractivity contribution in [2.75, 3.05) is 13.2 Å². The Morgan fingerprint density at radius 1 is 0.774 bits per heavy atom. The van der Waals surface area contributed by atoms with Crippen LogP contribution < -0.4 is 20.3 Å². The van der Waals surface area contributed by atoms with Gasteiger partial charge in [-0.25, -0.2) is 0 Å². The fourth-order valence-corrected chi connectivity index (χ4v) is 3.38. The number of ether oxygens (including phenoxy) is 2. The second-order valence-corrected chi connectivity index (χ2v) is 7.81. The van der Waals surface area contributed by atoms with E-state index in [1.54, 1.807) is 6.07 Å². The van der Waals surface area contributed by atoms with Crippen LogP contribution in [0.3, 0.4) is 0 Å². The molecule has 0 aliphatic heterocycles. The van der Waals surface area contributed by atoms with E-state index in [1.807, 2.05) is 74.5 Å². The van der Waals surface area contributed by atoms with E-state index in [-0.39, 0.29) is 13.2 Å². The van der Waals surface area contributed by atoms with Crippen molar-refractivity contribution in [1.82, 2.24) is 10.9 Å². The van der Waals surface area contributed by atoms with E-state index in [1.165, 1.54) is 0 Å². The SMILES string of the molecule is Cc1ccc(OCC(=O)NNC(=O)COc2ccc(-c3ccccc3)cc2Br)c(C)c1. The van der Waals surface area contributed by atoms with Crippen LogP contribution in [-0.4, -0.2) is 25.0 Å². The number of hydrazine groups is 1. The zero-order valence-electron chi connectivity index (χ0n) is 17.3. The third-order valence-electron chi connectivity index (χ3n) is 4.43. The topological polar surface area (TPSA) is 76.7 Å². The monoisotopic (exact) mass is 482 g/mol. The first-order valence-corrected chi connectivity index (χ1v) is 10.5. The van der Waals surface area contributed by atoms with Gasteiger partial charge in [0.2, 0.25) is 0 Å². The van der Waals surface area contributed by atoms with Crippen molar-refractivity contribution in [2.24, 2.45) is 0 Å². The number of carbonyl (C=O) groups excluding carboxylic acids is 2. The van der Waals surface area contributed by atoms with Gasteiger partial charge in [0.25, 0.3) is 11.8 Å². The Bertz CT molecular complexity index is 1070. The molecule has 0 aliphatic carbocycles. The predicted octanol–water partition coefficient (Wildman–Crippen LogP) is 4.34. The Balaban J connectivity index is 1.43. The van der Waals surface area contributed by atoms with Gasteiger partial charge >= 0.3 is 0 Å². The molecule has 3 aromatic carbocycles. The Hall–Kier alpha value is -3.32. The Morgan fingerprint density at radius 2 is 1.39 bits per heavy atom. The van der Waals surface area contributed by atoms with E-state index >= 15 is 0 Å². The van der Waals surface area contributed by atoms with Gasteiger partial charge in [-0.15, -0.1) is 0 Å². The zero-order chi connectivity index (χ0) is 22.2. The van der Waals surface area contributed by atoms with Crippen molar-refractivity contribution in [3.63, 3.8) is 0 Å². The molecule has 0 radical (unpaired) electrons. The average molecular weight is 483 g/mol. The Labute approximate surface area is 189 Å². The minimum Gasteiger partial charge on any atom is -0.483 e. The van der Waals surface area contributed by atoms with Crippen LogP contribution in [0.1, 0.15) is 11.1 Å². The van der Waals surface area contributed by atoms with Gasteiger partial charge in [0.1, 0.15) is 11.5 Å². The van der Waals surface area contributed by atoms with Crippen LogP contribution in [0.25, 0.3) is 11.1 Å². The lowest BCUT2D eigenvalue weighted by atomic mass is 10.1. The van der Waals surface area contributed by atoms with Gasteiger partial charge in [0.15, 0.2) is 13.2 Å². The summed E-state index contributed by atoms with van der Waals surface area (Å²) in [6.45, 7) is 3.43. The first-order valence-electron chi connectivity index (χ1n) is 9.68. The molecule has 0 heterocycles. The molecule has 3 rings (SSSR count). The van der Waals surface area contributed by atoms with Crippen LogP contribution in [0, 0.1) is 13.8 Å². The smallest absolute Gasteiger partial charge is 0.276 e. The lowest BCUT2D eigenvalue weighted by molar-refractivity contribution is -0.131. The molecule has 6 nitrogen and oxygen atoms in total. The van der Waals surface area contributed by atoms with E-state index in [2.05, 4.69) is 26.8 Å². The number of rotatable bonds is 7. The summed E-state index contributed by atoms with van der Waals surface area (Å²) in [5.41, 5.74) is 8.78. The lowest BCUT2D eigenvalue weighted by Gasteiger charge is -2.12. The quantitative estimate of drug-likeness (QED) is 0.491. The number of nitrogens with one attached hydrogen (secondary N) is 2.